The summed E-state index contributed by atoms with van der Waals surface area (Å²) in [6.07, 6.45) is 9.79. The molecule has 2 N–H and O–H groups in total. The molecule has 14 heteroatoms. The summed E-state index contributed by atoms with van der Waals surface area (Å²) in [6, 6.07) is 32.2. The zero-order chi connectivity index (χ0) is 46.9. The van der Waals surface area contributed by atoms with Crippen molar-refractivity contribution in [3.8, 4) is 23.0 Å². The second-order valence-corrected chi connectivity index (χ2v) is 18.0. The van der Waals surface area contributed by atoms with Crippen LogP contribution in [0.4, 0.5) is 10.5 Å². The first kappa shape index (κ1) is 47.3. The number of aliphatic hydroxyl groups excluding tert-OH is 2. The zero-order valence-electron chi connectivity index (χ0n) is 37.8. The number of aliphatic hydroxyl groups is 2. The number of fused-ring (bicyclic) bond motifs is 3. The van der Waals surface area contributed by atoms with Crippen molar-refractivity contribution in [1.82, 2.24) is 4.90 Å². The van der Waals surface area contributed by atoms with Gasteiger partial charge in [-0.3, -0.25) is 15.0 Å². The molecule has 1 aliphatic heterocycles. The largest absolute Gasteiger partial charge is 0.459 e. The average molecular weight is 928 g/mol. The van der Waals surface area contributed by atoms with Crippen LogP contribution in [0.3, 0.4) is 0 Å². The number of oxime groups is 1. The Morgan fingerprint density at radius 2 is 1.66 bits per heavy atom. The maximum Gasteiger partial charge on any atom is 0.416 e. The quantitative estimate of drug-likeness (QED) is 0.0251. The van der Waals surface area contributed by atoms with Crippen molar-refractivity contribution in [1.29, 1.82) is 0 Å². The van der Waals surface area contributed by atoms with Crippen LogP contribution in [-0.2, 0) is 16.1 Å². The molecule has 6 unspecified atom stereocenters. The smallest absolute Gasteiger partial charge is 0.416 e. The van der Waals surface area contributed by atoms with E-state index in [1.807, 2.05) is 85.1 Å². The predicted molar refractivity (Wildman–Crippen MR) is 259 cm³/mol. The van der Waals surface area contributed by atoms with Gasteiger partial charge in [0, 0.05) is 48.1 Å². The molecule has 0 bridgehead atoms. The molecule has 0 saturated heterocycles. The van der Waals surface area contributed by atoms with Crippen LogP contribution in [0.5, 0.6) is 23.0 Å². The number of thioether (sulfide) groups is 1. The fourth-order valence-electron chi connectivity index (χ4n) is 10.3. The van der Waals surface area contributed by atoms with Crippen LogP contribution >= 0.6 is 11.8 Å². The maximum atomic E-state index is 15.2. The third kappa shape index (κ3) is 10.1. The lowest BCUT2D eigenvalue weighted by Gasteiger charge is -2.59. The molecule has 1 heterocycles. The van der Waals surface area contributed by atoms with E-state index in [4.69, 9.17) is 28.9 Å². The third-order valence-corrected chi connectivity index (χ3v) is 14.0. The normalized spacial score (nSPS) is 22.2. The first-order valence-electron chi connectivity index (χ1n) is 22.8. The van der Waals surface area contributed by atoms with Crippen molar-refractivity contribution < 1.29 is 43.7 Å². The SMILES string of the molecule is C=CCOC12Oc3ccc(Oc4ccc(SC)cc4)cc3C3C(CCCCO)C(CCCCO)C=C(C(=NOC)CC1N(Cc1cccc4ccccc14)C(=O)Oc1ccc([N+](=O)[O-])cc1)C32. The Kier molecular flexibility index (Phi) is 15.3. The van der Waals surface area contributed by atoms with Crippen LogP contribution in [0, 0.1) is 27.9 Å². The predicted octanol–water partition coefficient (Wildman–Crippen LogP) is 11.2. The lowest BCUT2D eigenvalue weighted by atomic mass is 9.55. The Balaban J connectivity index is 1.34. The highest BCUT2D eigenvalue weighted by molar-refractivity contribution is 7.98. The topological polar surface area (TPSA) is 162 Å². The average Bonchev–Trinajstić information content (AvgIpc) is 3.34. The number of nitro groups is 1. The molecule has 5 aromatic carbocycles. The minimum absolute atomic E-state index is 0.00872. The summed E-state index contributed by atoms with van der Waals surface area (Å²) in [6.45, 7) is 4.33. The highest BCUT2D eigenvalue weighted by Crippen LogP contribution is 2.62. The van der Waals surface area contributed by atoms with E-state index in [-0.39, 0.29) is 62.0 Å². The molecule has 5 aromatic rings. The Morgan fingerprint density at radius 3 is 2.37 bits per heavy atom. The van der Waals surface area contributed by atoms with E-state index >= 15 is 4.79 Å². The van der Waals surface area contributed by atoms with Gasteiger partial charge in [0.15, 0.2) is 0 Å². The van der Waals surface area contributed by atoms with Crippen LogP contribution in [0.1, 0.15) is 62.0 Å². The number of carbonyl (C=O) groups is 1. The van der Waals surface area contributed by atoms with Gasteiger partial charge in [-0.25, -0.2) is 4.79 Å². The molecule has 0 aromatic heterocycles. The first-order chi connectivity index (χ1) is 32.7. The maximum absolute atomic E-state index is 15.2. The first-order valence-corrected chi connectivity index (χ1v) is 24.1. The molecule has 1 amide bonds. The van der Waals surface area contributed by atoms with Crippen molar-refractivity contribution in [3.05, 3.63) is 155 Å². The molecule has 67 heavy (non-hydrogen) atoms. The third-order valence-electron chi connectivity index (χ3n) is 13.2. The van der Waals surface area contributed by atoms with Crippen LogP contribution in [0.15, 0.2) is 144 Å². The second-order valence-electron chi connectivity index (χ2n) is 17.1. The molecule has 350 valence electrons. The number of benzene rings is 5. The van der Waals surface area contributed by atoms with Crippen LogP contribution in [-0.4, -0.2) is 76.9 Å². The number of hydrogen-bond acceptors (Lipinski definition) is 12. The van der Waals surface area contributed by atoms with Gasteiger partial charge < -0.3 is 34.0 Å². The van der Waals surface area contributed by atoms with Crippen LogP contribution in [0.2, 0.25) is 0 Å². The van der Waals surface area contributed by atoms with Gasteiger partial charge >= 0.3 is 6.09 Å². The minimum atomic E-state index is -1.56. The van der Waals surface area contributed by atoms with Gasteiger partial charge in [0.1, 0.15) is 36.1 Å². The van der Waals surface area contributed by atoms with Crippen molar-refractivity contribution >= 4 is 40.0 Å². The molecule has 1 saturated carbocycles. The Morgan fingerprint density at radius 1 is 0.940 bits per heavy atom. The molecule has 3 aliphatic rings. The van der Waals surface area contributed by atoms with E-state index in [1.165, 1.54) is 31.4 Å². The molecular weight excluding hydrogens is 871 g/mol. The molecular formula is C53H57N3O10S. The molecule has 6 atom stereocenters. The summed E-state index contributed by atoms with van der Waals surface area (Å²) in [5.74, 6) is -0.388. The number of ether oxygens (including phenoxy) is 4. The van der Waals surface area contributed by atoms with Gasteiger partial charge in [0.25, 0.3) is 5.69 Å². The summed E-state index contributed by atoms with van der Waals surface area (Å²) in [4.78, 5) is 34.7. The summed E-state index contributed by atoms with van der Waals surface area (Å²) in [5, 5.41) is 38.2. The van der Waals surface area contributed by atoms with Gasteiger partial charge in [-0.2, -0.15) is 0 Å². The number of allylic oxidation sites excluding steroid dienone is 1. The van der Waals surface area contributed by atoms with Crippen molar-refractivity contribution in [3.63, 3.8) is 0 Å². The number of nitrogens with zero attached hydrogens (tertiary/aromatic N) is 3. The monoisotopic (exact) mass is 927 g/mol. The number of non-ortho nitro benzene ring substituents is 1. The standard InChI is InChI=1S/C53H57N3O10S/c1-4-30-63-53-49(55(34-37-15-11-14-35-12-5-6-16-43(35)37)52(59)65-40-20-18-38(19-21-40)56(60)61)33-47(54-62-2)45-31-36(13-7-9-28-57)44(17-8-10-29-58)50(51(45)53)46-32-41(24-27-48(46)66-53)64-39-22-25-42(67-3)26-23-39/h4-6,11-12,14-16,18-27,31-32,36,44,49-51,57-58H,1,7-10,13,17,28-30,33-34H2,2-3H3. The molecule has 1 fully saturated rings. The minimum Gasteiger partial charge on any atom is -0.459 e. The fraction of sp³-hybridized carbons (Fsp3) is 0.358. The Bertz CT molecular complexity index is 2600. The number of amides is 1. The van der Waals surface area contributed by atoms with Gasteiger partial charge in [-0.1, -0.05) is 72.6 Å². The van der Waals surface area contributed by atoms with Crippen molar-refractivity contribution in [2.24, 2.45) is 22.9 Å². The van der Waals surface area contributed by atoms with E-state index in [2.05, 4.69) is 18.7 Å². The van der Waals surface area contributed by atoms with E-state index in [9.17, 15) is 20.3 Å². The number of nitro benzene ring substituents is 1. The van der Waals surface area contributed by atoms with E-state index in [0.717, 1.165) is 58.1 Å². The summed E-state index contributed by atoms with van der Waals surface area (Å²) in [5.41, 5.74) is 3.14. The Hall–Kier alpha value is -6.19. The van der Waals surface area contributed by atoms with Crippen LogP contribution < -0.4 is 14.2 Å². The summed E-state index contributed by atoms with van der Waals surface area (Å²) >= 11 is 1.65. The molecule has 8 rings (SSSR count). The molecule has 0 radical (unpaired) electrons. The summed E-state index contributed by atoms with van der Waals surface area (Å²) < 4.78 is 27.3. The highest BCUT2D eigenvalue weighted by Gasteiger charge is 2.65. The van der Waals surface area contributed by atoms with E-state index < -0.39 is 28.8 Å². The lowest BCUT2D eigenvalue weighted by molar-refractivity contribution is -0.384. The van der Waals surface area contributed by atoms with Gasteiger partial charge in [-0.15, -0.1) is 18.3 Å². The van der Waals surface area contributed by atoms with Gasteiger partial charge in [0.2, 0.25) is 5.79 Å². The van der Waals surface area contributed by atoms with Gasteiger partial charge in [-0.05, 0) is 120 Å². The highest BCUT2D eigenvalue weighted by atomic mass is 32.2. The van der Waals surface area contributed by atoms with Gasteiger partial charge in [0.05, 0.1) is 29.7 Å². The number of unbranched alkanes of at least 4 members (excludes halogenated alkanes) is 2. The van der Waals surface area contributed by atoms with Crippen molar-refractivity contribution in [2.75, 3.05) is 33.2 Å². The number of rotatable bonds is 20. The van der Waals surface area contributed by atoms with E-state index in [1.54, 1.807) is 22.7 Å². The second kappa shape index (κ2) is 21.6. The molecule has 2 aliphatic carbocycles. The summed E-state index contributed by atoms with van der Waals surface area (Å²) in [7, 11) is 1.51. The molecule has 0 spiro atoms. The number of hydrogen-bond donors (Lipinski definition) is 2. The van der Waals surface area contributed by atoms with E-state index in [0.29, 0.717) is 35.8 Å². The lowest BCUT2D eigenvalue weighted by Crippen LogP contribution is -2.70. The Labute approximate surface area is 395 Å². The number of carbonyl (C=O) groups excluding carboxylic acids is 1. The van der Waals surface area contributed by atoms with Crippen molar-refractivity contribution in [2.45, 2.75) is 74.1 Å². The fourth-order valence-corrected chi connectivity index (χ4v) is 10.7. The molecule has 13 nitrogen and oxygen atoms in total. The van der Waals surface area contributed by atoms with Crippen LogP contribution in [0.25, 0.3) is 10.8 Å². The zero-order valence-corrected chi connectivity index (χ0v) is 38.6.